The van der Waals surface area contributed by atoms with Crippen molar-refractivity contribution in [3.05, 3.63) is 5.51 Å². The number of aliphatic carboxylic acids is 1. The van der Waals surface area contributed by atoms with E-state index in [0.29, 0.717) is 12.5 Å². The number of thioether (sulfide) groups is 1. The molecule has 18 heavy (non-hydrogen) atoms. The lowest BCUT2D eigenvalue weighted by Gasteiger charge is -2.26. The van der Waals surface area contributed by atoms with Crippen LogP contribution in [0, 0.1) is 0 Å². The summed E-state index contributed by atoms with van der Waals surface area (Å²) in [7, 11) is 0. The number of carbonyl (C=O) groups is 1. The van der Waals surface area contributed by atoms with Crippen LogP contribution in [0.15, 0.2) is 9.85 Å². The second-order valence-electron chi connectivity index (χ2n) is 4.71. The number of carboxylic acids is 1. The summed E-state index contributed by atoms with van der Waals surface area (Å²) in [5.41, 5.74) is 0.918. The number of rotatable bonds is 8. The van der Waals surface area contributed by atoms with Crippen molar-refractivity contribution in [2.75, 3.05) is 5.75 Å². The van der Waals surface area contributed by atoms with Gasteiger partial charge in [0, 0.05) is 11.8 Å². The Morgan fingerprint density at radius 2 is 2.50 bits per heavy atom. The van der Waals surface area contributed by atoms with E-state index in [0.717, 1.165) is 29.4 Å². The standard InChI is InChI=1S/C11H17N3O2S2/c1-11(9(15)16,13-8-3-4-8)5-2-6-17-10-14-12-7-18-10/h7-8,13H,2-6H2,1H3,(H,15,16). The van der Waals surface area contributed by atoms with Gasteiger partial charge in [0.1, 0.15) is 11.0 Å². The maximum Gasteiger partial charge on any atom is 0.323 e. The Hall–Kier alpha value is -0.660. The van der Waals surface area contributed by atoms with E-state index >= 15 is 0 Å². The average molecular weight is 287 g/mol. The van der Waals surface area contributed by atoms with Gasteiger partial charge in [-0.25, -0.2) is 0 Å². The first kappa shape index (κ1) is 13.8. The maximum absolute atomic E-state index is 11.3. The van der Waals surface area contributed by atoms with Crippen molar-refractivity contribution in [1.29, 1.82) is 0 Å². The third kappa shape index (κ3) is 3.93. The van der Waals surface area contributed by atoms with Gasteiger partial charge in [0.05, 0.1) is 0 Å². The minimum atomic E-state index is -0.789. The summed E-state index contributed by atoms with van der Waals surface area (Å²) in [5, 5.41) is 20.2. The highest BCUT2D eigenvalue weighted by Crippen LogP contribution is 2.26. The van der Waals surface area contributed by atoms with Gasteiger partial charge in [0.15, 0.2) is 4.34 Å². The summed E-state index contributed by atoms with van der Waals surface area (Å²) >= 11 is 3.15. The van der Waals surface area contributed by atoms with Gasteiger partial charge in [-0.2, -0.15) is 0 Å². The van der Waals surface area contributed by atoms with Crippen LogP contribution in [0.4, 0.5) is 0 Å². The van der Waals surface area contributed by atoms with Gasteiger partial charge in [0.25, 0.3) is 0 Å². The van der Waals surface area contributed by atoms with E-state index < -0.39 is 11.5 Å². The number of aromatic nitrogens is 2. The number of nitrogens with zero attached hydrogens (tertiary/aromatic N) is 2. The Balaban J connectivity index is 1.73. The predicted molar refractivity (Wildman–Crippen MR) is 72.1 cm³/mol. The Bertz CT molecular complexity index is 395. The van der Waals surface area contributed by atoms with Gasteiger partial charge in [-0.15, -0.1) is 10.2 Å². The van der Waals surface area contributed by atoms with E-state index in [4.69, 9.17) is 0 Å². The molecule has 2 N–H and O–H groups in total. The fourth-order valence-electron chi connectivity index (χ4n) is 1.73. The molecule has 1 fully saturated rings. The van der Waals surface area contributed by atoms with Crippen LogP contribution in [-0.4, -0.2) is 38.6 Å². The quantitative estimate of drug-likeness (QED) is 0.563. The van der Waals surface area contributed by atoms with Gasteiger partial charge < -0.3 is 5.11 Å². The number of carboxylic acid groups (broad SMARTS) is 1. The van der Waals surface area contributed by atoms with E-state index in [-0.39, 0.29) is 0 Å². The molecule has 1 aromatic rings. The van der Waals surface area contributed by atoms with Crippen LogP contribution < -0.4 is 5.32 Å². The third-order valence-corrected chi connectivity index (χ3v) is 4.91. The van der Waals surface area contributed by atoms with E-state index in [2.05, 4.69) is 15.5 Å². The molecule has 0 radical (unpaired) electrons. The molecule has 1 aromatic heterocycles. The summed E-state index contributed by atoms with van der Waals surface area (Å²) in [4.78, 5) is 11.3. The molecule has 1 atom stereocenters. The van der Waals surface area contributed by atoms with Gasteiger partial charge in [-0.1, -0.05) is 23.1 Å². The smallest absolute Gasteiger partial charge is 0.323 e. The molecule has 1 heterocycles. The summed E-state index contributed by atoms with van der Waals surface area (Å²) in [6.07, 6.45) is 3.70. The zero-order valence-electron chi connectivity index (χ0n) is 10.3. The van der Waals surface area contributed by atoms with Crippen LogP contribution in [0.3, 0.4) is 0 Å². The van der Waals surface area contributed by atoms with Gasteiger partial charge in [-0.3, -0.25) is 10.1 Å². The molecule has 0 spiro atoms. The molecule has 1 aliphatic rings. The van der Waals surface area contributed by atoms with Crippen molar-refractivity contribution < 1.29 is 9.90 Å². The van der Waals surface area contributed by atoms with Crippen molar-refractivity contribution in [3.8, 4) is 0 Å². The number of hydrogen-bond acceptors (Lipinski definition) is 6. The minimum Gasteiger partial charge on any atom is -0.480 e. The first-order valence-electron chi connectivity index (χ1n) is 6.00. The Kier molecular flexibility index (Phi) is 4.58. The lowest BCUT2D eigenvalue weighted by atomic mass is 9.96. The van der Waals surface area contributed by atoms with E-state index in [1.54, 1.807) is 24.2 Å². The monoisotopic (exact) mass is 287 g/mol. The highest BCUT2D eigenvalue weighted by atomic mass is 32.2. The second kappa shape index (κ2) is 5.99. The lowest BCUT2D eigenvalue weighted by Crippen LogP contribution is -2.50. The number of hydrogen-bond donors (Lipinski definition) is 2. The molecule has 0 aliphatic heterocycles. The third-order valence-electron chi connectivity index (χ3n) is 2.96. The predicted octanol–water partition coefficient (Wildman–Crippen LogP) is 2.01. The first-order chi connectivity index (χ1) is 8.60. The normalized spacial score (nSPS) is 18.5. The first-order valence-corrected chi connectivity index (χ1v) is 7.87. The lowest BCUT2D eigenvalue weighted by molar-refractivity contribution is -0.144. The number of nitrogens with one attached hydrogen (secondary N) is 1. The van der Waals surface area contributed by atoms with Crippen molar-refractivity contribution in [2.24, 2.45) is 0 Å². The highest BCUT2D eigenvalue weighted by Gasteiger charge is 2.37. The molecule has 2 rings (SSSR count). The topological polar surface area (TPSA) is 75.1 Å². The van der Waals surface area contributed by atoms with Crippen LogP contribution in [-0.2, 0) is 4.79 Å². The zero-order valence-corrected chi connectivity index (χ0v) is 11.9. The van der Waals surface area contributed by atoms with Crippen LogP contribution in [0.25, 0.3) is 0 Å². The van der Waals surface area contributed by atoms with Crippen molar-refractivity contribution in [2.45, 2.75) is 48.5 Å². The Labute approximate surface area is 114 Å². The van der Waals surface area contributed by atoms with Gasteiger partial charge in [0.2, 0.25) is 0 Å². The fraction of sp³-hybridized carbons (Fsp3) is 0.727. The summed E-state index contributed by atoms with van der Waals surface area (Å²) < 4.78 is 0.946. The fourth-order valence-corrected chi connectivity index (χ4v) is 3.23. The Morgan fingerprint density at radius 1 is 1.72 bits per heavy atom. The van der Waals surface area contributed by atoms with Gasteiger partial charge >= 0.3 is 5.97 Å². The molecule has 1 unspecified atom stereocenters. The van der Waals surface area contributed by atoms with E-state index in [9.17, 15) is 9.90 Å². The van der Waals surface area contributed by atoms with Crippen LogP contribution >= 0.6 is 23.1 Å². The van der Waals surface area contributed by atoms with E-state index in [1.807, 2.05) is 0 Å². The average Bonchev–Trinajstić information content (AvgIpc) is 2.97. The molecule has 0 aromatic carbocycles. The molecule has 0 bridgehead atoms. The minimum absolute atomic E-state index is 0.405. The van der Waals surface area contributed by atoms with Crippen LogP contribution in [0.5, 0.6) is 0 Å². The van der Waals surface area contributed by atoms with Crippen molar-refractivity contribution >= 4 is 29.1 Å². The molecular weight excluding hydrogens is 270 g/mol. The summed E-state index contributed by atoms with van der Waals surface area (Å²) in [6.45, 7) is 1.78. The molecule has 0 saturated heterocycles. The Morgan fingerprint density at radius 3 is 3.06 bits per heavy atom. The summed E-state index contributed by atoms with van der Waals surface area (Å²) in [5.74, 6) is 0.125. The highest BCUT2D eigenvalue weighted by molar-refractivity contribution is 8.00. The van der Waals surface area contributed by atoms with E-state index in [1.165, 1.54) is 11.3 Å². The van der Waals surface area contributed by atoms with Gasteiger partial charge in [-0.05, 0) is 32.6 Å². The van der Waals surface area contributed by atoms with Crippen molar-refractivity contribution in [1.82, 2.24) is 15.5 Å². The van der Waals surface area contributed by atoms with Crippen LogP contribution in [0.2, 0.25) is 0 Å². The molecule has 1 saturated carbocycles. The molecule has 1 aliphatic carbocycles. The maximum atomic E-state index is 11.3. The molecular formula is C11H17N3O2S2. The molecule has 0 amide bonds. The second-order valence-corrected chi connectivity index (χ2v) is 6.89. The SMILES string of the molecule is CC(CCCSc1nncs1)(NC1CC1)C(=O)O. The van der Waals surface area contributed by atoms with Crippen molar-refractivity contribution in [3.63, 3.8) is 0 Å². The molecule has 100 valence electrons. The van der Waals surface area contributed by atoms with Crippen LogP contribution in [0.1, 0.15) is 32.6 Å². The zero-order chi connectivity index (χ0) is 13.0. The summed E-state index contributed by atoms with van der Waals surface area (Å²) in [6, 6.07) is 0.405. The molecule has 5 nitrogen and oxygen atoms in total. The largest absolute Gasteiger partial charge is 0.480 e. The molecule has 7 heteroatoms.